The van der Waals surface area contributed by atoms with Crippen LogP contribution in [-0.2, 0) is 20.7 Å². The van der Waals surface area contributed by atoms with Gasteiger partial charge in [0.05, 0.1) is 24.3 Å². The van der Waals surface area contributed by atoms with E-state index in [1.807, 2.05) is 6.92 Å². The van der Waals surface area contributed by atoms with E-state index in [1.165, 1.54) is 60.7 Å². The van der Waals surface area contributed by atoms with E-state index in [0.717, 1.165) is 0 Å². The molecule has 4 atom stereocenters. The minimum atomic E-state index is -1.16. The lowest BCUT2D eigenvalue weighted by Crippen LogP contribution is -2.53. The Bertz CT molecular complexity index is 1300. The van der Waals surface area contributed by atoms with Crippen LogP contribution in [0.3, 0.4) is 0 Å². The van der Waals surface area contributed by atoms with Crippen molar-refractivity contribution >= 4 is 17.7 Å². The van der Waals surface area contributed by atoms with Gasteiger partial charge in [-0.25, -0.2) is 18.0 Å². The monoisotopic (exact) mass is 570 g/mol. The summed E-state index contributed by atoms with van der Waals surface area (Å²) in [5.41, 5.74) is 13.2. The van der Waals surface area contributed by atoms with Crippen molar-refractivity contribution in [1.82, 2.24) is 5.32 Å². The molecule has 1 fully saturated rings. The van der Waals surface area contributed by atoms with E-state index >= 15 is 0 Å². The van der Waals surface area contributed by atoms with Gasteiger partial charge < -0.3 is 31.6 Å². The molecule has 41 heavy (non-hydrogen) atoms. The summed E-state index contributed by atoms with van der Waals surface area (Å²) in [4.78, 5) is 24.3. The second kappa shape index (κ2) is 13.6. The largest absolute Gasteiger partial charge is 0.448 e. The third-order valence-electron chi connectivity index (χ3n) is 7.20. The first-order chi connectivity index (χ1) is 19.6. The van der Waals surface area contributed by atoms with Gasteiger partial charge in [0.15, 0.2) is 0 Å². The van der Waals surface area contributed by atoms with Crippen molar-refractivity contribution in [3.63, 3.8) is 0 Å². The Hall–Kier alpha value is -3.93. The number of nitrogens with one attached hydrogen (secondary N) is 2. The molecule has 1 heterocycles. The third-order valence-corrected chi connectivity index (χ3v) is 7.20. The average Bonchev–Trinajstić information content (AvgIpc) is 2.94. The predicted octanol–water partition coefficient (Wildman–Crippen LogP) is 3.98. The zero-order valence-electron chi connectivity index (χ0n) is 22.5. The van der Waals surface area contributed by atoms with Crippen molar-refractivity contribution in [3.8, 4) is 0 Å². The SMILES string of the molecule is C[C@@H]1O[C@H](CCc2c(F)cccc2NC(=O)C(N)C(c2ccc(F)cc2)c2ccc(F)cc2)CN[C@@H]1COC(N)=O. The molecule has 0 aromatic heterocycles. The number of amides is 2. The summed E-state index contributed by atoms with van der Waals surface area (Å²) in [5.74, 6) is -2.69. The van der Waals surface area contributed by atoms with Crippen molar-refractivity contribution in [2.45, 2.75) is 50.0 Å². The highest BCUT2D eigenvalue weighted by Gasteiger charge is 2.30. The van der Waals surface area contributed by atoms with Gasteiger partial charge >= 0.3 is 6.09 Å². The zero-order chi connectivity index (χ0) is 29.5. The number of primary amides is 1. The van der Waals surface area contributed by atoms with Crippen LogP contribution < -0.4 is 22.1 Å². The molecule has 1 aliphatic heterocycles. The Morgan fingerprint density at radius 2 is 1.63 bits per heavy atom. The quantitative estimate of drug-likeness (QED) is 0.292. The summed E-state index contributed by atoms with van der Waals surface area (Å²) in [6, 6.07) is 14.1. The van der Waals surface area contributed by atoms with Crippen LogP contribution in [0.15, 0.2) is 66.7 Å². The maximum Gasteiger partial charge on any atom is 0.404 e. The number of benzene rings is 3. The smallest absolute Gasteiger partial charge is 0.404 e. The topological polar surface area (TPSA) is 129 Å². The number of nitrogens with two attached hydrogens (primary N) is 2. The fourth-order valence-corrected chi connectivity index (χ4v) is 4.98. The molecule has 3 aromatic rings. The van der Waals surface area contributed by atoms with E-state index in [1.54, 1.807) is 6.07 Å². The van der Waals surface area contributed by atoms with Gasteiger partial charge in [-0.2, -0.15) is 0 Å². The number of anilines is 1. The van der Waals surface area contributed by atoms with Crippen LogP contribution in [0.4, 0.5) is 23.7 Å². The molecule has 0 bridgehead atoms. The molecular formula is C30H33F3N4O4. The summed E-state index contributed by atoms with van der Waals surface area (Å²) in [7, 11) is 0. The van der Waals surface area contributed by atoms with Crippen LogP contribution in [-0.4, -0.2) is 49.4 Å². The molecule has 0 radical (unpaired) electrons. The Morgan fingerprint density at radius 1 is 1.02 bits per heavy atom. The van der Waals surface area contributed by atoms with Crippen LogP contribution in [0, 0.1) is 17.5 Å². The lowest BCUT2D eigenvalue weighted by molar-refractivity contribution is -0.117. The third kappa shape index (κ3) is 7.84. The maximum absolute atomic E-state index is 15.0. The van der Waals surface area contributed by atoms with Crippen LogP contribution in [0.2, 0.25) is 0 Å². The van der Waals surface area contributed by atoms with Crippen molar-refractivity contribution in [1.29, 1.82) is 0 Å². The molecular weight excluding hydrogens is 537 g/mol. The highest BCUT2D eigenvalue weighted by atomic mass is 19.1. The minimum Gasteiger partial charge on any atom is -0.448 e. The van der Waals surface area contributed by atoms with Crippen molar-refractivity contribution in [2.24, 2.45) is 11.5 Å². The van der Waals surface area contributed by atoms with E-state index < -0.39 is 41.4 Å². The molecule has 4 rings (SSSR count). The molecule has 1 aliphatic rings. The zero-order valence-corrected chi connectivity index (χ0v) is 22.5. The normalized spacial score (nSPS) is 19.5. The molecule has 8 nitrogen and oxygen atoms in total. The van der Waals surface area contributed by atoms with Gasteiger partial charge in [0.2, 0.25) is 5.91 Å². The maximum atomic E-state index is 15.0. The molecule has 3 aromatic carbocycles. The fraction of sp³-hybridized carbons (Fsp3) is 0.333. The minimum absolute atomic E-state index is 0.0732. The van der Waals surface area contributed by atoms with E-state index in [4.69, 9.17) is 20.9 Å². The standard InChI is InChI=1S/C30H33F3N4O4/c1-17-26(16-40-30(35)39)36-15-22(41-17)13-14-23-24(33)3-2-4-25(23)37-29(38)28(34)27(18-5-9-20(31)10-6-18)19-7-11-21(32)12-8-19/h2-12,17,22,26-28,36H,13-16,34H2,1H3,(H2,35,39)(H,37,38)/t17-,22+,26+,28?/m0/s1. The summed E-state index contributed by atoms with van der Waals surface area (Å²) in [5, 5.41) is 6.01. The van der Waals surface area contributed by atoms with Crippen LogP contribution in [0.25, 0.3) is 0 Å². The van der Waals surface area contributed by atoms with Crippen molar-refractivity contribution in [3.05, 3.63) is 101 Å². The molecule has 218 valence electrons. The van der Waals surface area contributed by atoms with Gasteiger partial charge in [-0.05, 0) is 67.3 Å². The van der Waals surface area contributed by atoms with E-state index in [2.05, 4.69) is 10.6 Å². The number of halogens is 3. The number of hydrogen-bond donors (Lipinski definition) is 4. The summed E-state index contributed by atoms with van der Waals surface area (Å²) in [6.45, 7) is 2.36. The van der Waals surface area contributed by atoms with Crippen molar-refractivity contribution < 1.29 is 32.2 Å². The predicted molar refractivity (Wildman–Crippen MR) is 148 cm³/mol. The number of ether oxygens (including phenoxy) is 2. The lowest BCUT2D eigenvalue weighted by Gasteiger charge is -2.35. The van der Waals surface area contributed by atoms with Gasteiger partial charge in [-0.15, -0.1) is 0 Å². The van der Waals surface area contributed by atoms with Gasteiger partial charge in [0.1, 0.15) is 24.1 Å². The molecule has 0 aliphatic carbocycles. The van der Waals surface area contributed by atoms with Gasteiger partial charge in [0, 0.05) is 23.7 Å². The number of carbonyl (C=O) groups excluding carboxylic acids is 2. The van der Waals surface area contributed by atoms with Crippen LogP contribution in [0.5, 0.6) is 0 Å². The number of rotatable bonds is 10. The van der Waals surface area contributed by atoms with Crippen LogP contribution in [0.1, 0.15) is 36.0 Å². The average molecular weight is 571 g/mol. The summed E-state index contributed by atoms with van der Waals surface area (Å²) in [6.07, 6.45) is -0.679. The highest BCUT2D eigenvalue weighted by molar-refractivity contribution is 5.96. The molecule has 0 saturated carbocycles. The van der Waals surface area contributed by atoms with E-state index in [9.17, 15) is 22.8 Å². The molecule has 2 amide bonds. The van der Waals surface area contributed by atoms with Crippen LogP contribution >= 0.6 is 0 Å². The highest BCUT2D eigenvalue weighted by Crippen LogP contribution is 2.30. The van der Waals surface area contributed by atoms with E-state index in [-0.39, 0.29) is 37.0 Å². The number of carbonyl (C=O) groups is 2. The molecule has 0 spiro atoms. The van der Waals surface area contributed by atoms with Gasteiger partial charge in [0.25, 0.3) is 0 Å². The Morgan fingerprint density at radius 3 is 2.20 bits per heavy atom. The first-order valence-corrected chi connectivity index (χ1v) is 13.3. The molecule has 1 unspecified atom stereocenters. The van der Waals surface area contributed by atoms with Crippen molar-refractivity contribution in [2.75, 3.05) is 18.5 Å². The number of hydrogen-bond acceptors (Lipinski definition) is 6. The Kier molecular flexibility index (Phi) is 9.98. The van der Waals surface area contributed by atoms with Gasteiger partial charge in [-0.1, -0.05) is 30.3 Å². The second-order valence-electron chi connectivity index (χ2n) is 10.0. The lowest BCUT2D eigenvalue weighted by atomic mass is 9.85. The summed E-state index contributed by atoms with van der Waals surface area (Å²) >= 11 is 0. The first-order valence-electron chi connectivity index (χ1n) is 13.3. The Labute approximate surface area is 236 Å². The second-order valence-corrected chi connectivity index (χ2v) is 10.0. The molecule has 6 N–H and O–H groups in total. The van der Waals surface area contributed by atoms with E-state index in [0.29, 0.717) is 29.7 Å². The summed E-state index contributed by atoms with van der Waals surface area (Å²) < 4.78 is 53.1. The molecule has 11 heteroatoms. The first kappa shape index (κ1) is 30.0. The van der Waals surface area contributed by atoms with Gasteiger partial charge in [-0.3, -0.25) is 4.79 Å². The number of morpholine rings is 1. The Balaban J connectivity index is 1.46. The molecule has 1 saturated heterocycles. The fourth-order valence-electron chi connectivity index (χ4n) is 4.98.